The summed E-state index contributed by atoms with van der Waals surface area (Å²) in [5.74, 6) is 0.216. The summed E-state index contributed by atoms with van der Waals surface area (Å²) < 4.78 is 2.18. The van der Waals surface area contributed by atoms with Crippen molar-refractivity contribution in [2.24, 2.45) is 0 Å². The van der Waals surface area contributed by atoms with E-state index in [1.54, 1.807) is 11.3 Å². The number of nitrogens with one attached hydrogen (secondary N) is 1. The van der Waals surface area contributed by atoms with Crippen LogP contribution in [-0.4, -0.2) is 39.3 Å². The monoisotopic (exact) mass is 306 g/mol. The Bertz CT molecular complexity index is 654. The Hall–Kier alpha value is -1.40. The van der Waals surface area contributed by atoms with E-state index in [1.807, 2.05) is 18.7 Å². The second-order valence-corrected chi connectivity index (χ2v) is 6.61. The Morgan fingerprint density at radius 3 is 2.86 bits per heavy atom. The molecule has 1 saturated heterocycles. The molecule has 0 radical (unpaired) electrons. The zero-order valence-electron chi connectivity index (χ0n) is 12.8. The number of hydrogen-bond donors (Lipinski definition) is 1. The summed E-state index contributed by atoms with van der Waals surface area (Å²) in [7, 11) is 0. The maximum atomic E-state index is 12.3. The molecule has 3 heterocycles. The average molecular weight is 306 g/mol. The first-order chi connectivity index (χ1) is 10.1. The lowest BCUT2D eigenvalue weighted by atomic mass is 10.2. The molecule has 0 aromatic carbocycles. The molecule has 5 nitrogen and oxygen atoms in total. The highest BCUT2D eigenvalue weighted by molar-refractivity contribution is 7.15. The Morgan fingerprint density at radius 1 is 1.43 bits per heavy atom. The lowest BCUT2D eigenvalue weighted by Crippen LogP contribution is -2.43. The molecule has 0 saturated carbocycles. The molecule has 1 unspecified atom stereocenters. The van der Waals surface area contributed by atoms with Gasteiger partial charge in [-0.1, -0.05) is 0 Å². The Balaban J connectivity index is 1.69. The van der Waals surface area contributed by atoms with Crippen LogP contribution >= 0.6 is 11.3 Å². The molecule has 0 aliphatic carbocycles. The molecule has 1 fully saturated rings. The minimum absolute atomic E-state index is 0.146. The lowest BCUT2D eigenvalue weighted by Gasteiger charge is -2.21. The van der Waals surface area contributed by atoms with Crippen LogP contribution in [0, 0.1) is 13.8 Å². The van der Waals surface area contributed by atoms with E-state index in [0.717, 1.165) is 42.3 Å². The number of rotatable bonds is 4. The van der Waals surface area contributed by atoms with E-state index in [2.05, 4.69) is 27.0 Å². The Kier molecular flexibility index (Phi) is 3.99. The summed E-state index contributed by atoms with van der Waals surface area (Å²) in [6.07, 6.45) is 2.27. The van der Waals surface area contributed by atoms with Gasteiger partial charge >= 0.3 is 0 Å². The van der Waals surface area contributed by atoms with E-state index >= 15 is 0 Å². The van der Waals surface area contributed by atoms with Gasteiger partial charge in [0.25, 0.3) is 0 Å². The van der Waals surface area contributed by atoms with E-state index in [4.69, 9.17) is 0 Å². The van der Waals surface area contributed by atoms with Crippen LogP contribution in [0.5, 0.6) is 0 Å². The van der Waals surface area contributed by atoms with Gasteiger partial charge < -0.3 is 10.2 Å². The molecule has 1 amide bonds. The van der Waals surface area contributed by atoms with Crippen molar-refractivity contribution in [3.8, 4) is 0 Å². The molecular formula is C15H22N4OS. The van der Waals surface area contributed by atoms with E-state index in [1.165, 1.54) is 5.69 Å². The van der Waals surface area contributed by atoms with Gasteiger partial charge in [0.15, 0.2) is 4.96 Å². The number of likely N-dealkylation sites (tertiary alicyclic amines) is 1. The smallest absolute Gasteiger partial charge is 0.239 e. The van der Waals surface area contributed by atoms with Crippen LogP contribution in [0.4, 0.5) is 0 Å². The lowest BCUT2D eigenvalue weighted by molar-refractivity contribution is -0.132. The van der Waals surface area contributed by atoms with Crippen LogP contribution in [-0.2, 0) is 11.3 Å². The molecule has 3 rings (SSSR count). The number of carbonyl (C=O) groups excluding carboxylic acids is 1. The highest BCUT2D eigenvalue weighted by Gasteiger charge is 2.23. The molecule has 0 spiro atoms. The summed E-state index contributed by atoms with van der Waals surface area (Å²) in [6, 6.07) is -0.146. The molecule has 21 heavy (non-hydrogen) atoms. The third-order valence-corrected chi connectivity index (χ3v) is 5.14. The molecule has 1 N–H and O–H groups in total. The predicted molar refractivity (Wildman–Crippen MR) is 84.7 cm³/mol. The van der Waals surface area contributed by atoms with E-state index in [0.29, 0.717) is 6.54 Å². The quantitative estimate of drug-likeness (QED) is 0.941. The fourth-order valence-electron chi connectivity index (χ4n) is 2.92. The predicted octanol–water partition coefficient (Wildman–Crippen LogP) is 2.11. The van der Waals surface area contributed by atoms with Crippen molar-refractivity contribution in [2.75, 3.05) is 13.1 Å². The van der Waals surface area contributed by atoms with Crippen LogP contribution in [0.1, 0.15) is 36.8 Å². The van der Waals surface area contributed by atoms with Gasteiger partial charge in [0.05, 0.1) is 17.4 Å². The zero-order chi connectivity index (χ0) is 15.0. The number of aromatic nitrogens is 2. The first-order valence-electron chi connectivity index (χ1n) is 7.52. The van der Waals surface area contributed by atoms with Crippen LogP contribution < -0.4 is 5.32 Å². The molecular weight excluding hydrogens is 284 g/mol. The number of imidazole rings is 1. The molecule has 0 bridgehead atoms. The molecule has 1 atom stereocenters. The second kappa shape index (κ2) is 5.77. The summed E-state index contributed by atoms with van der Waals surface area (Å²) in [4.78, 5) is 19.9. The Labute approximate surface area is 129 Å². The molecule has 2 aromatic heterocycles. The van der Waals surface area contributed by atoms with E-state index < -0.39 is 0 Å². The molecule has 1 aliphatic heterocycles. The average Bonchev–Trinajstić information content (AvgIpc) is 3.15. The van der Waals surface area contributed by atoms with Crippen LogP contribution in [0.15, 0.2) is 5.38 Å². The number of fused-ring (bicyclic) bond motifs is 1. The number of hydrogen-bond acceptors (Lipinski definition) is 4. The van der Waals surface area contributed by atoms with Gasteiger partial charge in [0.2, 0.25) is 5.91 Å². The molecule has 1 aliphatic rings. The van der Waals surface area contributed by atoms with Crippen LogP contribution in [0.3, 0.4) is 0 Å². The molecule has 6 heteroatoms. The minimum Gasteiger partial charge on any atom is -0.341 e. The number of aryl methyl sites for hydroxylation is 2. The van der Waals surface area contributed by atoms with Crippen molar-refractivity contribution in [3.63, 3.8) is 0 Å². The van der Waals surface area contributed by atoms with Crippen molar-refractivity contribution < 1.29 is 4.79 Å². The molecule has 2 aromatic rings. The largest absolute Gasteiger partial charge is 0.341 e. The van der Waals surface area contributed by atoms with E-state index in [9.17, 15) is 4.79 Å². The summed E-state index contributed by atoms with van der Waals surface area (Å²) in [6.45, 7) is 8.56. The van der Waals surface area contributed by atoms with E-state index in [-0.39, 0.29) is 11.9 Å². The maximum absolute atomic E-state index is 12.3. The Morgan fingerprint density at radius 2 is 2.14 bits per heavy atom. The standard InChI is InChI=1S/C15H22N4OS/c1-10-9-21-15-17-11(2)13(19(10)15)8-16-12(3)14(20)18-6-4-5-7-18/h9,12,16H,4-8H2,1-3H3. The fraction of sp³-hybridized carbons (Fsp3) is 0.600. The third-order valence-electron chi connectivity index (χ3n) is 4.19. The van der Waals surface area contributed by atoms with Crippen molar-refractivity contribution in [1.29, 1.82) is 0 Å². The topological polar surface area (TPSA) is 49.6 Å². The summed E-state index contributed by atoms with van der Waals surface area (Å²) in [5.41, 5.74) is 3.40. The van der Waals surface area contributed by atoms with Crippen LogP contribution in [0.25, 0.3) is 4.96 Å². The van der Waals surface area contributed by atoms with Gasteiger partial charge in [0.1, 0.15) is 0 Å². The van der Waals surface area contributed by atoms with Crippen molar-refractivity contribution in [2.45, 2.75) is 46.2 Å². The highest BCUT2D eigenvalue weighted by Crippen LogP contribution is 2.20. The van der Waals surface area contributed by atoms with Crippen molar-refractivity contribution in [3.05, 3.63) is 22.5 Å². The number of thiazole rings is 1. The fourth-order valence-corrected chi connectivity index (χ4v) is 3.85. The second-order valence-electron chi connectivity index (χ2n) is 5.77. The maximum Gasteiger partial charge on any atom is 0.239 e. The van der Waals surface area contributed by atoms with Gasteiger partial charge in [0, 0.05) is 30.7 Å². The van der Waals surface area contributed by atoms with Gasteiger partial charge in [-0.25, -0.2) is 4.98 Å². The van der Waals surface area contributed by atoms with Crippen molar-refractivity contribution >= 4 is 22.2 Å². The van der Waals surface area contributed by atoms with Gasteiger partial charge in [-0.2, -0.15) is 0 Å². The summed E-state index contributed by atoms with van der Waals surface area (Å²) in [5, 5.41) is 5.48. The van der Waals surface area contributed by atoms with Crippen LogP contribution in [0.2, 0.25) is 0 Å². The number of carbonyl (C=O) groups is 1. The molecule has 114 valence electrons. The normalized spacial score (nSPS) is 16.8. The highest BCUT2D eigenvalue weighted by atomic mass is 32.1. The first kappa shape index (κ1) is 14.5. The van der Waals surface area contributed by atoms with Gasteiger partial charge in [-0.3, -0.25) is 9.20 Å². The number of amides is 1. The zero-order valence-corrected chi connectivity index (χ0v) is 13.7. The third kappa shape index (κ3) is 2.70. The first-order valence-corrected chi connectivity index (χ1v) is 8.40. The SMILES string of the molecule is Cc1nc2scc(C)n2c1CNC(C)C(=O)N1CCCC1. The minimum atomic E-state index is -0.146. The number of nitrogens with zero attached hydrogens (tertiary/aromatic N) is 3. The van der Waals surface area contributed by atoms with Crippen molar-refractivity contribution in [1.82, 2.24) is 19.6 Å². The van der Waals surface area contributed by atoms with Gasteiger partial charge in [-0.05, 0) is 33.6 Å². The summed E-state index contributed by atoms with van der Waals surface area (Å²) >= 11 is 1.66. The van der Waals surface area contributed by atoms with Gasteiger partial charge in [-0.15, -0.1) is 11.3 Å².